The third kappa shape index (κ3) is 5.08. The molecule has 0 fully saturated rings. The average Bonchev–Trinajstić information content (AvgIpc) is 2.25. The molecule has 0 saturated carbocycles. The Morgan fingerprint density at radius 1 is 1.41 bits per heavy atom. The quantitative estimate of drug-likeness (QED) is 0.635. The van der Waals surface area contributed by atoms with Gasteiger partial charge in [-0.3, -0.25) is 0 Å². The number of benzene rings is 1. The zero-order valence-corrected chi connectivity index (χ0v) is 9.99. The van der Waals surface area contributed by atoms with Crippen LogP contribution in [-0.2, 0) is 0 Å². The zero-order valence-electron chi connectivity index (χ0n) is 9.17. The van der Waals surface area contributed by atoms with E-state index in [4.69, 9.17) is 10.5 Å². The van der Waals surface area contributed by atoms with Crippen molar-refractivity contribution in [3.8, 4) is 5.75 Å². The van der Waals surface area contributed by atoms with E-state index in [1.165, 1.54) is 7.11 Å². The van der Waals surface area contributed by atoms with Gasteiger partial charge in [0.25, 0.3) is 0 Å². The smallest absolute Gasteiger partial charge is 0.441 e. The predicted molar refractivity (Wildman–Crippen MR) is 64.4 cm³/mol. The summed E-state index contributed by atoms with van der Waals surface area (Å²) in [6, 6.07) is 4.97. The van der Waals surface area contributed by atoms with Crippen LogP contribution in [-0.4, -0.2) is 24.9 Å². The first-order valence-electron chi connectivity index (χ1n) is 4.80. The van der Waals surface area contributed by atoms with Crippen molar-refractivity contribution in [2.24, 2.45) is 0 Å². The first-order valence-corrected chi connectivity index (χ1v) is 5.79. The van der Waals surface area contributed by atoms with E-state index in [0.29, 0.717) is 17.1 Å². The van der Waals surface area contributed by atoms with Crippen LogP contribution in [0.2, 0.25) is 0 Å². The van der Waals surface area contributed by atoms with Crippen molar-refractivity contribution in [3.05, 3.63) is 18.2 Å². The number of rotatable bonds is 5. The highest BCUT2D eigenvalue weighted by Crippen LogP contribution is 2.30. The van der Waals surface area contributed by atoms with Crippen LogP contribution < -0.4 is 15.8 Å². The summed E-state index contributed by atoms with van der Waals surface area (Å²) in [4.78, 5) is 0. The summed E-state index contributed by atoms with van der Waals surface area (Å²) in [6.45, 7) is 0.219. The van der Waals surface area contributed by atoms with E-state index in [0.717, 1.165) is 0 Å². The van der Waals surface area contributed by atoms with Gasteiger partial charge in [0.15, 0.2) is 0 Å². The molecular formula is C10H13F3N2OS. The molecule has 96 valence electrons. The highest BCUT2D eigenvalue weighted by atomic mass is 32.2. The van der Waals surface area contributed by atoms with E-state index >= 15 is 0 Å². The second kappa shape index (κ2) is 5.90. The van der Waals surface area contributed by atoms with Crippen molar-refractivity contribution in [1.82, 2.24) is 0 Å². The number of halogens is 3. The summed E-state index contributed by atoms with van der Waals surface area (Å²) in [6.07, 6.45) is 0. The molecule has 0 aliphatic carbocycles. The second-order valence-corrected chi connectivity index (χ2v) is 4.34. The van der Waals surface area contributed by atoms with Crippen LogP contribution in [0.25, 0.3) is 0 Å². The third-order valence-corrected chi connectivity index (χ3v) is 2.67. The van der Waals surface area contributed by atoms with Gasteiger partial charge < -0.3 is 15.8 Å². The summed E-state index contributed by atoms with van der Waals surface area (Å²) in [7, 11) is 1.48. The van der Waals surface area contributed by atoms with E-state index in [2.05, 4.69) is 5.32 Å². The van der Waals surface area contributed by atoms with Crippen molar-refractivity contribution >= 4 is 23.1 Å². The maximum atomic E-state index is 11.9. The molecule has 0 radical (unpaired) electrons. The highest BCUT2D eigenvalue weighted by Gasteiger charge is 2.27. The van der Waals surface area contributed by atoms with Gasteiger partial charge in [-0.1, -0.05) is 0 Å². The lowest BCUT2D eigenvalue weighted by atomic mass is 10.2. The van der Waals surface area contributed by atoms with Crippen LogP contribution in [0.5, 0.6) is 5.75 Å². The van der Waals surface area contributed by atoms with E-state index in [1.807, 2.05) is 0 Å². The van der Waals surface area contributed by atoms with Crippen LogP contribution in [0.4, 0.5) is 24.5 Å². The molecule has 1 rings (SSSR count). The number of hydrogen-bond acceptors (Lipinski definition) is 4. The van der Waals surface area contributed by atoms with E-state index in [-0.39, 0.29) is 24.1 Å². The maximum absolute atomic E-state index is 11.9. The molecule has 0 aliphatic heterocycles. The fourth-order valence-electron chi connectivity index (χ4n) is 1.18. The molecule has 0 unspecified atom stereocenters. The van der Waals surface area contributed by atoms with Crippen molar-refractivity contribution in [2.75, 3.05) is 30.5 Å². The number of alkyl halides is 3. The highest BCUT2D eigenvalue weighted by molar-refractivity contribution is 8.00. The van der Waals surface area contributed by atoms with Gasteiger partial charge in [-0.05, 0) is 23.9 Å². The van der Waals surface area contributed by atoms with E-state index in [9.17, 15) is 13.2 Å². The molecular weight excluding hydrogens is 253 g/mol. The second-order valence-electron chi connectivity index (χ2n) is 3.18. The van der Waals surface area contributed by atoms with Gasteiger partial charge in [0.05, 0.1) is 12.8 Å². The molecule has 0 aliphatic rings. The molecule has 1 aromatic rings. The molecule has 3 nitrogen and oxygen atoms in total. The standard InChI is InChI=1S/C10H13F3N2OS/c1-16-9-6-7(2-3-8(9)14)15-4-5-17-10(11,12)13/h2-3,6,15H,4-5,14H2,1H3. The summed E-state index contributed by atoms with van der Waals surface area (Å²) < 4.78 is 40.6. The lowest BCUT2D eigenvalue weighted by Crippen LogP contribution is -2.09. The molecule has 7 heteroatoms. The van der Waals surface area contributed by atoms with Crippen LogP contribution in [0.15, 0.2) is 18.2 Å². The Bertz CT molecular complexity index is 371. The number of nitrogen functional groups attached to an aromatic ring is 1. The summed E-state index contributed by atoms with van der Waals surface area (Å²) >= 11 is -0.0525. The van der Waals surface area contributed by atoms with Gasteiger partial charge in [0, 0.05) is 24.1 Å². The number of nitrogens with two attached hydrogens (primary N) is 1. The van der Waals surface area contributed by atoms with Crippen molar-refractivity contribution in [3.63, 3.8) is 0 Å². The number of ether oxygens (including phenoxy) is 1. The van der Waals surface area contributed by atoms with Crippen molar-refractivity contribution < 1.29 is 17.9 Å². The predicted octanol–water partition coefficient (Wildman–Crippen LogP) is 2.94. The molecule has 3 N–H and O–H groups in total. The fraction of sp³-hybridized carbons (Fsp3) is 0.400. The third-order valence-electron chi connectivity index (χ3n) is 1.93. The number of thioether (sulfide) groups is 1. The maximum Gasteiger partial charge on any atom is 0.441 e. The Balaban J connectivity index is 2.42. The lowest BCUT2D eigenvalue weighted by molar-refractivity contribution is -0.0327. The van der Waals surface area contributed by atoms with Gasteiger partial charge in [0.2, 0.25) is 0 Å². The first kappa shape index (κ1) is 13.8. The van der Waals surface area contributed by atoms with E-state index in [1.54, 1.807) is 18.2 Å². The molecule has 17 heavy (non-hydrogen) atoms. The minimum atomic E-state index is -4.18. The van der Waals surface area contributed by atoms with Gasteiger partial charge in [-0.2, -0.15) is 13.2 Å². The first-order chi connectivity index (χ1) is 7.92. The van der Waals surface area contributed by atoms with Crippen LogP contribution in [0.1, 0.15) is 0 Å². The molecule has 0 heterocycles. The molecule has 0 saturated heterocycles. The zero-order chi connectivity index (χ0) is 12.9. The van der Waals surface area contributed by atoms with Crippen LogP contribution in [0.3, 0.4) is 0 Å². The SMILES string of the molecule is COc1cc(NCCSC(F)(F)F)ccc1N. The molecule has 1 aromatic carbocycles. The van der Waals surface area contributed by atoms with Gasteiger partial charge in [0.1, 0.15) is 5.75 Å². The Kier molecular flexibility index (Phi) is 4.80. The summed E-state index contributed by atoms with van der Waals surface area (Å²) in [5.74, 6) is 0.453. The van der Waals surface area contributed by atoms with Crippen molar-refractivity contribution in [2.45, 2.75) is 5.51 Å². The number of nitrogens with one attached hydrogen (secondary N) is 1. The molecule has 0 atom stereocenters. The molecule has 0 amide bonds. The van der Waals surface area contributed by atoms with Gasteiger partial charge in [-0.15, -0.1) is 0 Å². The largest absolute Gasteiger partial charge is 0.495 e. The van der Waals surface area contributed by atoms with Crippen molar-refractivity contribution in [1.29, 1.82) is 0 Å². The lowest BCUT2D eigenvalue weighted by Gasteiger charge is -2.10. The Morgan fingerprint density at radius 2 is 2.12 bits per heavy atom. The monoisotopic (exact) mass is 266 g/mol. The van der Waals surface area contributed by atoms with Gasteiger partial charge in [-0.25, -0.2) is 0 Å². The Morgan fingerprint density at radius 3 is 2.71 bits per heavy atom. The minimum absolute atomic E-state index is 0.0454. The van der Waals surface area contributed by atoms with E-state index < -0.39 is 5.51 Å². The number of anilines is 2. The Hall–Kier alpha value is -1.24. The topological polar surface area (TPSA) is 47.3 Å². The molecule has 0 aromatic heterocycles. The summed E-state index contributed by atoms with van der Waals surface area (Å²) in [5.41, 5.74) is 2.59. The molecule has 0 bridgehead atoms. The number of hydrogen-bond donors (Lipinski definition) is 2. The number of methoxy groups -OCH3 is 1. The van der Waals surface area contributed by atoms with Crippen LogP contribution >= 0.6 is 11.8 Å². The van der Waals surface area contributed by atoms with Gasteiger partial charge >= 0.3 is 5.51 Å². The summed E-state index contributed by atoms with van der Waals surface area (Å²) in [5, 5.41) is 2.86. The fourth-order valence-corrected chi connectivity index (χ4v) is 1.62. The van der Waals surface area contributed by atoms with Crippen LogP contribution in [0, 0.1) is 0 Å². The molecule has 0 spiro atoms. The Labute approximate surface area is 102 Å². The minimum Gasteiger partial charge on any atom is -0.495 e. The normalized spacial score (nSPS) is 11.3. The average molecular weight is 266 g/mol.